The molecule has 0 bridgehead atoms. The van der Waals surface area contributed by atoms with E-state index in [1.807, 2.05) is 0 Å². The van der Waals surface area contributed by atoms with Crippen molar-refractivity contribution in [3.63, 3.8) is 0 Å². The van der Waals surface area contributed by atoms with Crippen LogP contribution in [0.25, 0.3) is 0 Å². The number of ether oxygens (including phenoxy) is 1. The van der Waals surface area contributed by atoms with Crippen LogP contribution in [0.2, 0.25) is 0 Å². The maximum atomic E-state index is 9.95. The van der Waals surface area contributed by atoms with Gasteiger partial charge in [0.2, 0.25) is 0 Å². The van der Waals surface area contributed by atoms with Gasteiger partial charge < -0.3 is 30.3 Å². The summed E-state index contributed by atoms with van der Waals surface area (Å²) in [5, 5.41) is 47.7. The van der Waals surface area contributed by atoms with Crippen molar-refractivity contribution in [2.45, 2.75) is 42.0 Å². The van der Waals surface area contributed by atoms with Gasteiger partial charge in [-0.05, 0) is 22.4 Å². The van der Waals surface area contributed by atoms with Gasteiger partial charge in [0.25, 0.3) is 4.70 Å². The van der Waals surface area contributed by atoms with E-state index in [0.29, 0.717) is 0 Å². The van der Waals surface area contributed by atoms with Gasteiger partial charge in [0.1, 0.15) is 18.3 Å². The third-order valence-electron chi connectivity index (χ3n) is 2.75. The van der Waals surface area contributed by atoms with E-state index < -0.39 is 35.2 Å². The highest BCUT2D eigenvalue weighted by Crippen LogP contribution is 2.42. The zero-order valence-electron chi connectivity index (χ0n) is 8.17. The molecule has 0 spiro atoms. The summed E-state index contributed by atoms with van der Waals surface area (Å²) in [6.07, 6.45) is -4.27. The smallest absolute Gasteiger partial charge is 0.257 e. The minimum Gasteiger partial charge on any atom is -0.394 e. The number of aliphatic hydroxyl groups excluding tert-OH is 3. The first-order valence-corrected chi connectivity index (χ1v) is 5.38. The van der Waals surface area contributed by atoms with Crippen LogP contribution in [-0.4, -0.2) is 60.7 Å². The van der Waals surface area contributed by atoms with Gasteiger partial charge in [0, 0.05) is 0 Å². The van der Waals surface area contributed by atoms with Gasteiger partial charge in [-0.25, -0.2) is 0 Å². The Bertz CT molecular complexity index is 235. The van der Waals surface area contributed by atoms with Crippen LogP contribution in [0.1, 0.15) is 13.3 Å². The van der Waals surface area contributed by atoms with E-state index in [9.17, 15) is 20.4 Å². The Morgan fingerprint density at radius 3 is 2.27 bits per heavy atom. The highest BCUT2D eigenvalue weighted by molar-refractivity contribution is 9.10. The molecule has 1 saturated heterocycles. The maximum Gasteiger partial charge on any atom is 0.257 e. The highest BCUT2D eigenvalue weighted by Gasteiger charge is 2.61. The first kappa shape index (κ1) is 13.3. The fourth-order valence-electron chi connectivity index (χ4n) is 1.61. The molecule has 1 aliphatic rings. The van der Waals surface area contributed by atoms with E-state index in [1.54, 1.807) is 0 Å². The molecule has 1 rings (SSSR count). The first-order valence-electron chi connectivity index (χ1n) is 4.58. The summed E-state index contributed by atoms with van der Waals surface area (Å²) in [7, 11) is 0. The molecule has 5 atom stereocenters. The fraction of sp³-hybridized carbons (Fsp3) is 1.00. The second-order valence-corrected chi connectivity index (χ2v) is 4.69. The predicted molar refractivity (Wildman–Crippen MR) is 53.1 cm³/mol. The monoisotopic (exact) mass is 286 g/mol. The number of halogens is 1. The first-order chi connectivity index (χ1) is 6.80. The largest absolute Gasteiger partial charge is 0.394 e. The molecular weight excluding hydrogens is 272 g/mol. The van der Waals surface area contributed by atoms with Gasteiger partial charge in [0.05, 0.1) is 6.61 Å². The standard InChI is InChI=1S/C8H15BrO6/c1-2-7(13)6(12)5(11)4(3-10)15-8(7,9)14/h4-6,10-14H,2-3H2,1H3/t4-,5-,6+,7-,8-/m1/s1. The van der Waals surface area contributed by atoms with E-state index in [1.165, 1.54) is 6.92 Å². The molecule has 15 heavy (non-hydrogen) atoms. The molecule has 0 saturated carbocycles. The minimum atomic E-state index is -2.19. The van der Waals surface area contributed by atoms with Crippen molar-refractivity contribution in [3.8, 4) is 0 Å². The van der Waals surface area contributed by atoms with E-state index in [2.05, 4.69) is 15.9 Å². The number of aliphatic hydroxyl groups is 5. The zero-order chi connectivity index (χ0) is 11.9. The van der Waals surface area contributed by atoms with Gasteiger partial charge in [-0.2, -0.15) is 0 Å². The van der Waals surface area contributed by atoms with Gasteiger partial charge in [-0.1, -0.05) is 6.92 Å². The van der Waals surface area contributed by atoms with Gasteiger partial charge in [0.15, 0.2) is 5.60 Å². The van der Waals surface area contributed by atoms with E-state index >= 15 is 0 Å². The summed E-state index contributed by atoms with van der Waals surface area (Å²) in [5.74, 6) is 0. The van der Waals surface area contributed by atoms with Crippen LogP contribution >= 0.6 is 15.9 Å². The van der Waals surface area contributed by atoms with Crippen LogP contribution in [0.5, 0.6) is 0 Å². The summed E-state index contributed by atoms with van der Waals surface area (Å²) in [6.45, 7) is 0.941. The van der Waals surface area contributed by atoms with Crippen molar-refractivity contribution in [1.29, 1.82) is 0 Å². The minimum absolute atomic E-state index is 0.0366. The van der Waals surface area contributed by atoms with Crippen LogP contribution in [0.3, 0.4) is 0 Å². The van der Waals surface area contributed by atoms with E-state index in [4.69, 9.17) is 9.84 Å². The van der Waals surface area contributed by atoms with Crippen molar-refractivity contribution >= 4 is 15.9 Å². The van der Waals surface area contributed by atoms with E-state index in [0.717, 1.165) is 0 Å². The molecule has 0 aliphatic carbocycles. The number of hydrogen-bond donors (Lipinski definition) is 5. The number of rotatable bonds is 2. The lowest BCUT2D eigenvalue weighted by molar-refractivity contribution is -0.344. The van der Waals surface area contributed by atoms with Crippen LogP contribution in [0, 0.1) is 0 Å². The summed E-state index contributed by atoms with van der Waals surface area (Å²) < 4.78 is 2.68. The topological polar surface area (TPSA) is 110 Å². The summed E-state index contributed by atoms with van der Waals surface area (Å²) in [4.78, 5) is 0. The van der Waals surface area contributed by atoms with Crippen LogP contribution in [0.15, 0.2) is 0 Å². The molecule has 0 radical (unpaired) electrons. The van der Waals surface area contributed by atoms with Gasteiger partial charge >= 0.3 is 0 Å². The highest BCUT2D eigenvalue weighted by atomic mass is 79.9. The molecule has 0 unspecified atom stereocenters. The molecule has 1 fully saturated rings. The second-order valence-electron chi connectivity index (χ2n) is 3.61. The van der Waals surface area contributed by atoms with Crippen LogP contribution in [-0.2, 0) is 4.74 Å². The predicted octanol–water partition coefficient (Wildman–Crippen LogP) is -1.72. The van der Waals surface area contributed by atoms with Crippen molar-refractivity contribution in [1.82, 2.24) is 0 Å². The number of hydrogen-bond acceptors (Lipinski definition) is 6. The van der Waals surface area contributed by atoms with Crippen molar-refractivity contribution in [3.05, 3.63) is 0 Å². The Kier molecular flexibility index (Phi) is 3.77. The third kappa shape index (κ3) is 1.93. The second kappa shape index (κ2) is 4.25. The molecule has 1 aliphatic heterocycles. The molecule has 0 aromatic carbocycles. The molecule has 1 heterocycles. The molecule has 6 nitrogen and oxygen atoms in total. The Labute approximate surface area is 95.2 Å². The molecule has 0 amide bonds. The SMILES string of the molecule is CC[C@@]1(O)[C@@H](O)[C@H](O)[C@@H](CO)O[C@@]1(O)Br. The summed E-state index contributed by atoms with van der Waals surface area (Å²) >= 11 is 2.73. The third-order valence-corrected chi connectivity index (χ3v) is 3.63. The molecule has 0 aromatic heterocycles. The normalized spacial score (nSPS) is 51.8. The lowest BCUT2D eigenvalue weighted by Gasteiger charge is -2.50. The Hall–Kier alpha value is 0.240. The maximum absolute atomic E-state index is 9.95. The molecule has 5 N–H and O–H groups in total. The number of alkyl halides is 1. The molecule has 0 aromatic rings. The van der Waals surface area contributed by atoms with Crippen LogP contribution in [0.4, 0.5) is 0 Å². The average molecular weight is 287 g/mol. The molecular formula is C8H15BrO6. The average Bonchev–Trinajstić information content (AvgIpc) is 2.20. The lowest BCUT2D eigenvalue weighted by atomic mass is 9.84. The zero-order valence-corrected chi connectivity index (χ0v) is 9.75. The molecule has 7 heteroatoms. The quantitative estimate of drug-likeness (QED) is 0.386. The van der Waals surface area contributed by atoms with Gasteiger partial charge in [-0.15, -0.1) is 0 Å². The van der Waals surface area contributed by atoms with Crippen molar-refractivity contribution < 1.29 is 30.3 Å². The Morgan fingerprint density at radius 1 is 1.33 bits per heavy atom. The fourth-order valence-corrected chi connectivity index (χ4v) is 2.37. The van der Waals surface area contributed by atoms with Gasteiger partial charge in [-0.3, -0.25) is 0 Å². The van der Waals surface area contributed by atoms with Crippen molar-refractivity contribution in [2.24, 2.45) is 0 Å². The molecule has 90 valence electrons. The summed E-state index contributed by atoms with van der Waals surface area (Å²) in [5.41, 5.74) is -2.03. The lowest BCUT2D eigenvalue weighted by Crippen LogP contribution is -2.70. The van der Waals surface area contributed by atoms with Crippen molar-refractivity contribution in [2.75, 3.05) is 6.61 Å². The Morgan fingerprint density at radius 2 is 1.87 bits per heavy atom. The summed E-state index contributed by atoms with van der Waals surface area (Å²) in [6, 6.07) is 0. The Balaban J connectivity index is 3.01. The van der Waals surface area contributed by atoms with Crippen LogP contribution < -0.4 is 0 Å². The van der Waals surface area contributed by atoms with E-state index in [-0.39, 0.29) is 6.42 Å².